The monoisotopic (exact) mass is 278 g/mol. The van der Waals surface area contributed by atoms with Gasteiger partial charge in [0.2, 0.25) is 6.54 Å². The molecule has 0 amide bonds. The van der Waals surface area contributed by atoms with Gasteiger partial charge >= 0.3 is 0 Å². The van der Waals surface area contributed by atoms with Gasteiger partial charge in [-0.15, -0.1) is 0 Å². The van der Waals surface area contributed by atoms with Gasteiger partial charge in [-0.2, -0.15) is 0 Å². The van der Waals surface area contributed by atoms with Crippen LogP contribution in [-0.2, 0) is 4.79 Å². The third-order valence-corrected chi connectivity index (χ3v) is 2.61. The number of hydrogen-bond acceptors (Lipinski definition) is 5. The van der Waals surface area contributed by atoms with Crippen molar-refractivity contribution < 1.29 is 14.6 Å². The van der Waals surface area contributed by atoms with Crippen LogP contribution in [0.15, 0.2) is 30.3 Å². The van der Waals surface area contributed by atoms with Crippen LogP contribution in [0.25, 0.3) is 6.08 Å². The molecule has 0 aromatic heterocycles. The van der Waals surface area contributed by atoms with Crippen LogP contribution in [-0.4, -0.2) is 22.2 Å². The summed E-state index contributed by atoms with van der Waals surface area (Å²) in [6, 6.07) is 6.08. The molecule has 0 aliphatic heterocycles. The first-order valence-electron chi connectivity index (χ1n) is 5.93. The minimum atomic E-state index is -0.567. The summed E-state index contributed by atoms with van der Waals surface area (Å²) >= 11 is 0. The number of rotatable bonds is 7. The molecule has 1 aromatic carbocycles. The smallest absolute Gasteiger partial charge is 0.276 e. The van der Waals surface area contributed by atoms with Gasteiger partial charge in [0.1, 0.15) is 5.78 Å². The molecule has 1 aromatic rings. The lowest BCUT2D eigenvalue weighted by Crippen LogP contribution is -2.14. The van der Waals surface area contributed by atoms with E-state index in [9.17, 15) is 25.0 Å². The zero-order valence-electron chi connectivity index (χ0n) is 10.9. The van der Waals surface area contributed by atoms with Crippen LogP contribution in [0.4, 0.5) is 5.69 Å². The Morgan fingerprint density at radius 1 is 1.30 bits per heavy atom. The van der Waals surface area contributed by atoms with Crippen molar-refractivity contribution in [2.75, 3.05) is 6.54 Å². The quantitative estimate of drug-likeness (QED) is 0.563. The van der Waals surface area contributed by atoms with Crippen molar-refractivity contribution in [2.45, 2.75) is 13.3 Å². The van der Waals surface area contributed by atoms with E-state index in [0.29, 0.717) is 5.56 Å². The van der Waals surface area contributed by atoms with Gasteiger partial charge in [0.05, 0.1) is 10.5 Å². The first-order chi connectivity index (χ1) is 9.40. The van der Waals surface area contributed by atoms with Crippen molar-refractivity contribution >= 4 is 17.5 Å². The standard InChI is InChI=1S/C13H14N2O5/c1-10(16)8-11(9-14(17)18)6-7-12-4-2-3-5-13(12)15(19)20/h2-7,11H,8-9H2,1H3/b7-6+. The van der Waals surface area contributed by atoms with E-state index in [-0.39, 0.29) is 24.4 Å². The Hall–Kier alpha value is -2.57. The van der Waals surface area contributed by atoms with Gasteiger partial charge in [-0.1, -0.05) is 24.3 Å². The van der Waals surface area contributed by atoms with Gasteiger partial charge in [0, 0.05) is 23.3 Å². The van der Waals surface area contributed by atoms with Gasteiger partial charge in [-0.25, -0.2) is 0 Å². The summed E-state index contributed by atoms with van der Waals surface area (Å²) < 4.78 is 0. The fourth-order valence-electron chi connectivity index (χ4n) is 1.79. The van der Waals surface area contributed by atoms with Crippen LogP contribution in [0.3, 0.4) is 0 Å². The van der Waals surface area contributed by atoms with Crippen molar-refractivity contribution in [3.8, 4) is 0 Å². The second kappa shape index (κ2) is 7.13. The lowest BCUT2D eigenvalue weighted by molar-refractivity contribution is -0.485. The number of para-hydroxylation sites is 1. The molecule has 0 bridgehead atoms. The molecule has 0 N–H and O–H groups in total. The maximum Gasteiger partial charge on any atom is 0.276 e. The van der Waals surface area contributed by atoms with E-state index in [1.54, 1.807) is 18.2 Å². The average molecular weight is 278 g/mol. The Kier molecular flexibility index (Phi) is 5.52. The van der Waals surface area contributed by atoms with Crippen molar-refractivity contribution in [2.24, 2.45) is 5.92 Å². The highest BCUT2D eigenvalue weighted by molar-refractivity contribution is 5.76. The number of hydrogen-bond donors (Lipinski definition) is 0. The molecule has 7 nitrogen and oxygen atoms in total. The molecule has 0 aliphatic carbocycles. The normalized spacial score (nSPS) is 12.2. The van der Waals surface area contributed by atoms with Gasteiger partial charge in [-0.05, 0) is 13.0 Å². The SMILES string of the molecule is CC(=O)CC(/C=C/c1ccccc1[N+](=O)[O-])C[N+](=O)[O-]. The van der Waals surface area contributed by atoms with Crippen molar-refractivity contribution in [1.82, 2.24) is 0 Å². The summed E-state index contributed by atoms with van der Waals surface area (Å²) in [7, 11) is 0. The number of benzene rings is 1. The third kappa shape index (κ3) is 4.97. The predicted octanol–water partition coefficient (Wildman–Crippen LogP) is 2.48. The zero-order chi connectivity index (χ0) is 15.1. The van der Waals surface area contributed by atoms with Crippen molar-refractivity contribution in [3.05, 3.63) is 56.1 Å². The number of nitrogens with zero attached hydrogens (tertiary/aromatic N) is 2. The minimum absolute atomic E-state index is 0.0398. The summed E-state index contributed by atoms with van der Waals surface area (Å²) in [6.45, 7) is 0.975. The van der Waals surface area contributed by atoms with E-state index in [0.717, 1.165) is 0 Å². The summed E-state index contributed by atoms with van der Waals surface area (Å²) in [6.07, 6.45) is 2.97. The number of nitro groups is 2. The summed E-state index contributed by atoms with van der Waals surface area (Å²) in [4.78, 5) is 31.4. The van der Waals surface area contributed by atoms with Gasteiger partial charge in [0.25, 0.3) is 5.69 Å². The molecule has 0 saturated carbocycles. The van der Waals surface area contributed by atoms with Crippen LogP contribution >= 0.6 is 0 Å². The number of nitro benzene ring substituents is 1. The van der Waals surface area contributed by atoms with Gasteiger partial charge in [0.15, 0.2) is 0 Å². The van der Waals surface area contributed by atoms with Crippen LogP contribution < -0.4 is 0 Å². The Morgan fingerprint density at radius 3 is 2.50 bits per heavy atom. The third-order valence-electron chi connectivity index (χ3n) is 2.61. The molecular formula is C13H14N2O5. The largest absolute Gasteiger partial charge is 0.300 e. The molecule has 1 unspecified atom stereocenters. The molecule has 0 fully saturated rings. The molecular weight excluding hydrogens is 264 g/mol. The second-order valence-corrected chi connectivity index (χ2v) is 4.36. The summed E-state index contributed by atoms with van der Waals surface area (Å²) in [5.74, 6) is -0.730. The summed E-state index contributed by atoms with van der Waals surface area (Å²) in [5, 5.41) is 21.4. The molecule has 106 valence electrons. The first-order valence-corrected chi connectivity index (χ1v) is 5.93. The van der Waals surface area contributed by atoms with Crippen LogP contribution in [0.2, 0.25) is 0 Å². The highest BCUT2D eigenvalue weighted by Crippen LogP contribution is 2.20. The van der Waals surface area contributed by atoms with E-state index in [1.165, 1.54) is 25.1 Å². The minimum Gasteiger partial charge on any atom is -0.300 e. The van der Waals surface area contributed by atoms with E-state index < -0.39 is 15.8 Å². The van der Waals surface area contributed by atoms with E-state index >= 15 is 0 Å². The van der Waals surface area contributed by atoms with Crippen molar-refractivity contribution in [3.63, 3.8) is 0 Å². The number of carbonyl (C=O) groups excluding carboxylic acids is 1. The van der Waals surface area contributed by atoms with Gasteiger partial charge in [-0.3, -0.25) is 20.2 Å². The lowest BCUT2D eigenvalue weighted by atomic mass is 10.0. The summed E-state index contributed by atoms with van der Waals surface area (Å²) in [5.41, 5.74) is 0.279. The lowest BCUT2D eigenvalue weighted by Gasteiger charge is -2.05. The number of Topliss-reactive ketones (excluding diaryl/α,β-unsaturated/α-hetero) is 1. The molecule has 0 saturated heterocycles. The molecule has 0 spiro atoms. The first kappa shape index (κ1) is 15.5. The van der Waals surface area contributed by atoms with Crippen molar-refractivity contribution in [1.29, 1.82) is 0 Å². The Balaban J connectivity index is 2.94. The molecule has 0 radical (unpaired) electrons. The maximum atomic E-state index is 11.1. The zero-order valence-corrected chi connectivity index (χ0v) is 10.9. The fraction of sp³-hybridized carbons (Fsp3) is 0.308. The molecule has 1 rings (SSSR count). The molecule has 0 aliphatic rings. The predicted molar refractivity (Wildman–Crippen MR) is 72.8 cm³/mol. The topological polar surface area (TPSA) is 103 Å². The second-order valence-electron chi connectivity index (χ2n) is 4.36. The van der Waals surface area contributed by atoms with Crippen LogP contribution in [0.5, 0.6) is 0 Å². The Morgan fingerprint density at radius 2 is 1.95 bits per heavy atom. The highest BCUT2D eigenvalue weighted by Gasteiger charge is 2.15. The average Bonchev–Trinajstić information content (AvgIpc) is 2.34. The van der Waals surface area contributed by atoms with E-state index in [2.05, 4.69) is 0 Å². The maximum absolute atomic E-state index is 11.1. The highest BCUT2D eigenvalue weighted by atomic mass is 16.6. The number of ketones is 1. The molecule has 1 atom stereocenters. The fourth-order valence-corrected chi connectivity index (χ4v) is 1.79. The molecule has 0 heterocycles. The molecule has 7 heteroatoms. The van der Waals surface area contributed by atoms with E-state index in [1.807, 2.05) is 0 Å². The molecule has 20 heavy (non-hydrogen) atoms. The Bertz CT molecular complexity index is 537. The van der Waals surface area contributed by atoms with Crippen LogP contribution in [0, 0.1) is 26.1 Å². The number of carbonyl (C=O) groups is 1. The van der Waals surface area contributed by atoms with Gasteiger partial charge < -0.3 is 4.79 Å². The Labute approximate surface area is 115 Å². The van der Waals surface area contributed by atoms with E-state index in [4.69, 9.17) is 0 Å². The van der Waals surface area contributed by atoms with Crippen LogP contribution in [0.1, 0.15) is 18.9 Å².